The number of hydrogen-bond donors (Lipinski definition) is 0. The molecule has 24 heavy (non-hydrogen) atoms. The van der Waals surface area contributed by atoms with Gasteiger partial charge in [0.05, 0.1) is 10.2 Å². The van der Waals surface area contributed by atoms with Crippen molar-refractivity contribution in [3.8, 4) is 0 Å². The fraction of sp³-hybridized carbons (Fsp3) is 0.158. The van der Waals surface area contributed by atoms with E-state index in [0.717, 1.165) is 10.2 Å². The molecule has 0 aliphatic rings. The Morgan fingerprint density at radius 2 is 2.04 bits per heavy atom. The van der Waals surface area contributed by atoms with Crippen LogP contribution in [0.15, 0.2) is 54.0 Å². The molecule has 0 N–H and O–H groups in total. The molecule has 0 spiro atoms. The predicted molar refractivity (Wildman–Crippen MR) is 95.8 cm³/mol. The Balaban J connectivity index is 2.19. The molecule has 3 aromatic rings. The Labute approximate surface area is 143 Å². The van der Waals surface area contributed by atoms with Gasteiger partial charge in [-0.25, -0.2) is 4.39 Å². The smallest absolute Gasteiger partial charge is 0.279 e. The van der Waals surface area contributed by atoms with Crippen molar-refractivity contribution in [2.45, 2.75) is 20.4 Å². The third-order valence-corrected chi connectivity index (χ3v) is 4.92. The van der Waals surface area contributed by atoms with Crippen LogP contribution in [0, 0.1) is 19.7 Å². The molecule has 0 aliphatic carbocycles. The van der Waals surface area contributed by atoms with Gasteiger partial charge in [-0.1, -0.05) is 23.5 Å². The summed E-state index contributed by atoms with van der Waals surface area (Å²) in [6, 6.07) is 9.77. The molecule has 122 valence electrons. The van der Waals surface area contributed by atoms with Crippen molar-refractivity contribution >= 4 is 27.5 Å². The van der Waals surface area contributed by atoms with Crippen LogP contribution < -0.4 is 4.80 Å². The van der Waals surface area contributed by atoms with Crippen LogP contribution in [0.2, 0.25) is 0 Å². The fourth-order valence-electron chi connectivity index (χ4n) is 2.49. The Morgan fingerprint density at radius 3 is 2.75 bits per heavy atom. The number of benzene rings is 2. The number of allylic oxidation sites excluding steroid dienone is 1. The van der Waals surface area contributed by atoms with Crippen LogP contribution in [0.1, 0.15) is 21.5 Å². The molecule has 2 aromatic carbocycles. The van der Waals surface area contributed by atoms with Crippen molar-refractivity contribution in [2.75, 3.05) is 0 Å². The lowest BCUT2D eigenvalue weighted by Crippen LogP contribution is -2.16. The van der Waals surface area contributed by atoms with Crippen LogP contribution in [0.4, 0.5) is 4.39 Å². The maximum Gasteiger partial charge on any atom is 0.279 e. The second-order valence-electron chi connectivity index (χ2n) is 5.62. The zero-order valence-corrected chi connectivity index (χ0v) is 14.4. The number of carbonyl (C=O) groups is 1. The van der Waals surface area contributed by atoms with E-state index in [2.05, 4.69) is 37.6 Å². The highest BCUT2D eigenvalue weighted by Gasteiger charge is 2.10. The monoisotopic (exact) mass is 340 g/mol. The molecule has 0 unspecified atom stereocenters. The summed E-state index contributed by atoms with van der Waals surface area (Å²) in [4.78, 5) is 17.2. The molecule has 1 heterocycles. The first kappa shape index (κ1) is 16.3. The van der Waals surface area contributed by atoms with E-state index in [1.54, 1.807) is 12.1 Å². The number of halogens is 1. The van der Waals surface area contributed by atoms with Gasteiger partial charge in [-0.05, 0) is 55.3 Å². The molecule has 0 atom stereocenters. The highest BCUT2D eigenvalue weighted by Crippen LogP contribution is 2.22. The summed E-state index contributed by atoms with van der Waals surface area (Å²) in [5.74, 6) is -0.898. The lowest BCUT2D eigenvalue weighted by atomic mass is 10.1. The molecule has 0 fully saturated rings. The van der Waals surface area contributed by atoms with Crippen molar-refractivity contribution in [3.63, 3.8) is 0 Å². The van der Waals surface area contributed by atoms with Gasteiger partial charge in [0.1, 0.15) is 5.82 Å². The quantitative estimate of drug-likeness (QED) is 0.651. The Kier molecular flexibility index (Phi) is 4.44. The number of aromatic nitrogens is 1. The molecule has 0 aliphatic heterocycles. The normalized spacial score (nSPS) is 11.9. The largest absolute Gasteiger partial charge is 0.312 e. The first-order valence-electron chi connectivity index (χ1n) is 7.55. The van der Waals surface area contributed by atoms with E-state index in [9.17, 15) is 9.18 Å². The van der Waals surface area contributed by atoms with E-state index < -0.39 is 11.7 Å². The molecule has 0 saturated heterocycles. The third kappa shape index (κ3) is 3.08. The van der Waals surface area contributed by atoms with Gasteiger partial charge in [-0.3, -0.25) is 4.79 Å². The molecule has 0 bridgehead atoms. The van der Waals surface area contributed by atoms with Crippen molar-refractivity contribution in [1.29, 1.82) is 0 Å². The van der Waals surface area contributed by atoms with E-state index in [0.29, 0.717) is 11.3 Å². The number of thiazole rings is 1. The van der Waals surface area contributed by atoms with Crippen molar-refractivity contribution in [3.05, 3.63) is 76.4 Å². The molecule has 1 aromatic heterocycles. The summed E-state index contributed by atoms with van der Waals surface area (Å²) in [6.45, 7) is 8.44. The summed E-state index contributed by atoms with van der Waals surface area (Å²) in [5.41, 5.74) is 3.64. The average Bonchev–Trinajstić information content (AvgIpc) is 2.85. The Hall–Kier alpha value is -2.53. The minimum Gasteiger partial charge on any atom is -0.312 e. The minimum absolute atomic E-state index is 0.241. The molecule has 3 nitrogen and oxygen atoms in total. The van der Waals surface area contributed by atoms with Crippen molar-refractivity contribution in [1.82, 2.24) is 4.57 Å². The van der Waals surface area contributed by atoms with Crippen LogP contribution in [-0.2, 0) is 6.54 Å². The molecular weight excluding hydrogens is 323 g/mol. The highest BCUT2D eigenvalue weighted by molar-refractivity contribution is 7.16. The van der Waals surface area contributed by atoms with E-state index >= 15 is 0 Å². The van der Waals surface area contributed by atoms with Crippen LogP contribution in [0.3, 0.4) is 0 Å². The van der Waals surface area contributed by atoms with Gasteiger partial charge in [0.25, 0.3) is 5.91 Å². The molecule has 0 radical (unpaired) electrons. The number of nitrogens with zero attached hydrogens (tertiary/aromatic N) is 2. The van der Waals surface area contributed by atoms with Crippen LogP contribution in [0.5, 0.6) is 0 Å². The third-order valence-electron chi connectivity index (χ3n) is 3.88. The fourth-order valence-corrected chi connectivity index (χ4v) is 3.60. The first-order chi connectivity index (χ1) is 11.5. The van der Waals surface area contributed by atoms with E-state index in [1.165, 1.54) is 40.7 Å². The minimum atomic E-state index is -0.452. The number of amides is 1. The first-order valence-corrected chi connectivity index (χ1v) is 8.37. The standard InChI is InChI=1S/C19H17FN2OS/c1-4-8-22-16-9-12(2)13(3)10-17(16)24-19(22)21-18(23)14-6-5-7-15(20)11-14/h4-7,9-11H,1,8H2,2-3H3. The second-order valence-corrected chi connectivity index (χ2v) is 6.62. The number of carbonyl (C=O) groups excluding carboxylic acids is 1. The summed E-state index contributed by atoms with van der Waals surface area (Å²) in [7, 11) is 0. The zero-order chi connectivity index (χ0) is 17.3. The Morgan fingerprint density at radius 1 is 1.29 bits per heavy atom. The van der Waals surface area contributed by atoms with E-state index in [-0.39, 0.29) is 5.56 Å². The summed E-state index contributed by atoms with van der Waals surface area (Å²) in [5, 5.41) is 0. The van der Waals surface area contributed by atoms with E-state index in [4.69, 9.17) is 0 Å². The van der Waals surface area contributed by atoms with Gasteiger partial charge in [-0.15, -0.1) is 6.58 Å². The van der Waals surface area contributed by atoms with Crippen LogP contribution >= 0.6 is 11.3 Å². The predicted octanol–water partition coefficient (Wildman–Crippen LogP) is 4.39. The Bertz CT molecular complexity index is 1010. The zero-order valence-electron chi connectivity index (χ0n) is 13.5. The number of aryl methyl sites for hydroxylation is 2. The topological polar surface area (TPSA) is 34.4 Å². The molecule has 0 saturated carbocycles. The average molecular weight is 340 g/mol. The van der Waals surface area contributed by atoms with Gasteiger partial charge in [0.15, 0.2) is 4.80 Å². The van der Waals surface area contributed by atoms with Crippen LogP contribution in [-0.4, -0.2) is 10.5 Å². The van der Waals surface area contributed by atoms with Gasteiger partial charge in [0.2, 0.25) is 0 Å². The number of rotatable bonds is 3. The maximum atomic E-state index is 13.3. The molecule has 1 amide bonds. The molecular formula is C19H17FN2OS. The van der Waals surface area contributed by atoms with Crippen molar-refractivity contribution < 1.29 is 9.18 Å². The van der Waals surface area contributed by atoms with Crippen molar-refractivity contribution in [2.24, 2.45) is 4.99 Å². The lowest BCUT2D eigenvalue weighted by Gasteiger charge is -2.04. The number of fused-ring (bicyclic) bond motifs is 1. The second kappa shape index (κ2) is 6.53. The SMILES string of the molecule is C=CCn1c(=NC(=O)c2cccc(F)c2)sc2cc(C)c(C)cc21. The molecule has 5 heteroatoms. The lowest BCUT2D eigenvalue weighted by molar-refractivity contribution is 0.0997. The van der Waals surface area contributed by atoms with Gasteiger partial charge in [0, 0.05) is 12.1 Å². The highest BCUT2D eigenvalue weighted by atomic mass is 32.1. The van der Waals surface area contributed by atoms with Crippen LogP contribution in [0.25, 0.3) is 10.2 Å². The summed E-state index contributed by atoms with van der Waals surface area (Å²) >= 11 is 1.45. The maximum absolute atomic E-state index is 13.3. The van der Waals surface area contributed by atoms with Gasteiger partial charge >= 0.3 is 0 Å². The van der Waals surface area contributed by atoms with E-state index in [1.807, 2.05) is 4.57 Å². The number of hydrogen-bond acceptors (Lipinski definition) is 2. The summed E-state index contributed by atoms with van der Waals surface area (Å²) in [6.07, 6.45) is 1.77. The van der Waals surface area contributed by atoms with Gasteiger partial charge in [-0.2, -0.15) is 4.99 Å². The van der Waals surface area contributed by atoms with Gasteiger partial charge < -0.3 is 4.57 Å². The summed E-state index contributed by atoms with van der Waals surface area (Å²) < 4.78 is 16.3. The molecule has 3 rings (SSSR count).